The largest absolute Gasteiger partial charge is 0.118 e. The number of hydrogen-bond acceptors (Lipinski definition) is 0. The first-order valence-electron chi connectivity index (χ1n) is 8.98. The second-order valence-corrected chi connectivity index (χ2v) is 12.1. The van der Waals surface area contributed by atoms with E-state index in [9.17, 15) is 0 Å². The van der Waals surface area contributed by atoms with Crippen LogP contribution in [0.5, 0.6) is 0 Å². The van der Waals surface area contributed by atoms with Gasteiger partial charge in [-0.2, -0.15) is 0 Å². The minimum atomic E-state index is -1.72. The number of hydrogen-bond donors (Lipinski definition) is 0. The SMILES string of the molecule is Cc1ccc([Si](CC(C)C)(CC(C)C)c2ccc(C)cc2)cc1. The third kappa shape index (κ3) is 4.35. The molecule has 0 bridgehead atoms. The van der Waals surface area contributed by atoms with Gasteiger partial charge >= 0.3 is 0 Å². The Kier molecular flexibility index (Phi) is 5.86. The molecule has 0 aliphatic heterocycles. The predicted molar refractivity (Wildman–Crippen MR) is 107 cm³/mol. The summed E-state index contributed by atoms with van der Waals surface area (Å²) in [5.74, 6) is 1.45. The molecule has 0 unspecified atom stereocenters. The molecular formula is C22H32Si. The molecule has 2 rings (SSSR count). The molecular weight excluding hydrogens is 292 g/mol. The fourth-order valence-electron chi connectivity index (χ4n) is 3.86. The molecule has 0 N–H and O–H groups in total. The third-order valence-electron chi connectivity index (χ3n) is 4.72. The molecule has 0 atom stereocenters. The van der Waals surface area contributed by atoms with Crippen LogP contribution in [0.2, 0.25) is 12.1 Å². The minimum absolute atomic E-state index is 0.725. The van der Waals surface area contributed by atoms with Crippen molar-refractivity contribution in [2.75, 3.05) is 0 Å². The van der Waals surface area contributed by atoms with Crippen molar-refractivity contribution in [3.63, 3.8) is 0 Å². The molecule has 0 aromatic heterocycles. The van der Waals surface area contributed by atoms with Gasteiger partial charge in [-0.1, -0.05) is 97.7 Å². The van der Waals surface area contributed by atoms with Gasteiger partial charge in [0.1, 0.15) is 8.07 Å². The molecule has 0 spiro atoms. The zero-order valence-electron chi connectivity index (χ0n) is 15.7. The Bertz CT molecular complexity index is 548. The molecule has 2 aromatic rings. The molecule has 0 fully saturated rings. The van der Waals surface area contributed by atoms with Gasteiger partial charge in [-0.25, -0.2) is 0 Å². The summed E-state index contributed by atoms with van der Waals surface area (Å²) in [6.07, 6.45) is 0. The summed E-state index contributed by atoms with van der Waals surface area (Å²) in [5.41, 5.74) is 2.71. The van der Waals surface area contributed by atoms with E-state index in [0.717, 1.165) is 11.8 Å². The van der Waals surface area contributed by atoms with Gasteiger partial charge in [0.15, 0.2) is 0 Å². The Balaban J connectivity index is 2.62. The van der Waals surface area contributed by atoms with Gasteiger partial charge in [-0.15, -0.1) is 0 Å². The lowest BCUT2D eigenvalue weighted by Crippen LogP contribution is -2.59. The van der Waals surface area contributed by atoms with Gasteiger partial charge < -0.3 is 0 Å². The van der Waals surface area contributed by atoms with Crippen LogP contribution in [0.25, 0.3) is 0 Å². The van der Waals surface area contributed by atoms with Crippen LogP contribution in [0, 0.1) is 25.7 Å². The normalized spacial score (nSPS) is 12.2. The van der Waals surface area contributed by atoms with Gasteiger partial charge in [0.25, 0.3) is 0 Å². The Morgan fingerprint density at radius 1 is 0.609 bits per heavy atom. The topological polar surface area (TPSA) is 0 Å². The smallest absolute Gasteiger partial charge is 0.0630 e. The average Bonchev–Trinajstić information content (AvgIpc) is 2.46. The maximum atomic E-state index is 2.41. The second-order valence-electron chi connectivity index (χ2n) is 8.01. The predicted octanol–water partition coefficient (Wildman–Crippen LogP) is 5.18. The molecule has 124 valence electrons. The van der Waals surface area contributed by atoms with Crippen LogP contribution in [0.3, 0.4) is 0 Å². The standard InChI is InChI=1S/C22H32Si/c1-17(2)15-23(16-18(3)4,21-11-7-19(5)8-12-21)22-13-9-20(6)10-14-22/h7-14,17-18H,15-16H2,1-6H3. The number of aryl methyl sites for hydroxylation is 2. The first-order valence-corrected chi connectivity index (χ1v) is 11.4. The molecule has 2 aromatic carbocycles. The summed E-state index contributed by atoms with van der Waals surface area (Å²) in [5, 5.41) is 3.21. The van der Waals surface area contributed by atoms with Crippen LogP contribution < -0.4 is 10.4 Å². The van der Waals surface area contributed by atoms with E-state index in [1.54, 1.807) is 10.4 Å². The van der Waals surface area contributed by atoms with E-state index < -0.39 is 8.07 Å². The van der Waals surface area contributed by atoms with E-state index in [-0.39, 0.29) is 0 Å². The summed E-state index contributed by atoms with van der Waals surface area (Å²) in [4.78, 5) is 0. The molecule has 0 amide bonds. The molecule has 0 aliphatic carbocycles. The zero-order chi connectivity index (χ0) is 17.0. The summed E-state index contributed by atoms with van der Waals surface area (Å²) in [6.45, 7) is 13.9. The lowest BCUT2D eigenvalue weighted by molar-refractivity contribution is 0.687. The third-order valence-corrected chi connectivity index (χ3v) is 10.6. The van der Waals surface area contributed by atoms with Crippen molar-refractivity contribution in [2.45, 2.75) is 53.6 Å². The molecule has 1 heteroatoms. The van der Waals surface area contributed by atoms with E-state index in [1.807, 2.05) is 0 Å². The van der Waals surface area contributed by atoms with E-state index in [4.69, 9.17) is 0 Å². The van der Waals surface area contributed by atoms with Crippen LogP contribution >= 0.6 is 0 Å². The first-order chi connectivity index (χ1) is 10.8. The number of rotatable bonds is 6. The maximum Gasteiger partial charge on any atom is 0.118 e. The van der Waals surface area contributed by atoms with E-state index in [0.29, 0.717) is 0 Å². The van der Waals surface area contributed by atoms with Crippen molar-refractivity contribution < 1.29 is 0 Å². The van der Waals surface area contributed by atoms with E-state index in [1.165, 1.54) is 23.2 Å². The van der Waals surface area contributed by atoms with Crippen LogP contribution in [0.1, 0.15) is 38.8 Å². The molecule has 0 nitrogen and oxygen atoms in total. The van der Waals surface area contributed by atoms with Crippen molar-refractivity contribution in [2.24, 2.45) is 11.8 Å². The van der Waals surface area contributed by atoms with Gasteiger partial charge in [0.2, 0.25) is 0 Å². The van der Waals surface area contributed by atoms with Crippen molar-refractivity contribution in [3.8, 4) is 0 Å². The quantitative estimate of drug-likeness (QED) is 0.642. The van der Waals surface area contributed by atoms with E-state index >= 15 is 0 Å². The number of benzene rings is 2. The average molecular weight is 325 g/mol. The lowest BCUT2D eigenvalue weighted by Gasteiger charge is -2.36. The highest BCUT2D eigenvalue weighted by atomic mass is 28.3. The van der Waals surface area contributed by atoms with Crippen molar-refractivity contribution in [1.82, 2.24) is 0 Å². The highest BCUT2D eigenvalue weighted by Crippen LogP contribution is 2.26. The van der Waals surface area contributed by atoms with E-state index in [2.05, 4.69) is 90.1 Å². The molecule has 0 saturated carbocycles. The molecule has 0 aliphatic rings. The first kappa shape index (κ1) is 18.0. The maximum absolute atomic E-state index is 2.41. The Hall–Kier alpha value is -1.34. The molecule has 0 heterocycles. The van der Waals surface area contributed by atoms with Crippen LogP contribution in [0.15, 0.2) is 48.5 Å². The monoisotopic (exact) mass is 324 g/mol. The van der Waals surface area contributed by atoms with Crippen molar-refractivity contribution >= 4 is 18.4 Å². The molecule has 23 heavy (non-hydrogen) atoms. The van der Waals surface area contributed by atoms with Gasteiger partial charge in [0.05, 0.1) is 0 Å². The molecule has 0 radical (unpaired) electrons. The lowest BCUT2D eigenvalue weighted by atomic mass is 10.2. The second kappa shape index (κ2) is 7.48. The Morgan fingerprint density at radius 3 is 1.17 bits per heavy atom. The van der Waals surface area contributed by atoms with Gasteiger partial charge in [-0.3, -0.25) is 0 Å². The van der Waals surface area contributed by atoms with Crippen LogP contribution in [0.4, 0.5) is 0 Å². The fraction of sp³-hybridized carbons (Fsp3) is 0.455. The van der Waals surface area contributed by atoms with Crippen molar-refractivity contribution in [3.05, 3.63) is 59.7 Å². The van der Waals surface area contributed by atoms with Crippen molar-refractivity contribution in [1.29, 1.82) is 0 Å². The Morgan fingerprint density at radius 2 is 0.913 bits per heavy atom. The summed E-state index contributed by atoms with van der Waals surface area (Å²) >= 11 is 0. The highest BCUT2D eigenvalue weighted by Gasteiger charge is 2.38. The van der Waals surface area contributed by atoms with Crippen LogP contribution in [-0.4, -0.2) is 8.07 Å². The van der Waals surface area contributed by atoms with Gasteiger partial charge in [-0.05, 0) is 37.8 Å². The fourth-order valence-corrected chi connectivity index (χ4v) is 9.70. The Labute approximate surface area is 144 Å². The summed E-state index contributed by atoms with van der Waals surface area (Å²) < 4.78 is 0. The van der Waals surface area contributed by atoms with Gasteiger partial charge in [0, 0.05) is 0 Å². The summed E-state index contributed by atoms with van der Waals surface area (Å²) in [7, 11) is -1.72. The van der Waals surface area contributed by atoms with Crippen LogP contribution in [-0.2, 0) is 0 Å². The highest BCUT2D eigenvalue weighted by molar-refractivity contribution is 7.02. The zero-order valence-corrected chi connectivity index (χ0v) is 16.7. The summed E-state index contributed by atoms with van der Waals surface area (Å²) in [6, 6.07) is 21.5. The minimum Gasteiger partial charge on any atom is -0.0630 e. The molecule has 0 saturated heterocycles.